The predicted octanol–water partition coefficient (Wildman–Crippen LogP) is 1.58. The molecular weight excluding hydrogens is 170 g/mol. The van der Waals surface area contributed by atoms with Crippen molar-refractivity contribution in [3.05, 3.63) is 45.0 Å². The Hall–Kier alpha value is -1.71. The van der Waals surface area contributed by atoms with E-state index in [0.29, 0.717) is 17.4 Å². The molecule has 0 amide bonds. The van der Waals surface area contributed by atoms with Gasteiger partial charge in [0.05, 0.1) is 0 Å². The molecule has 0 atom stereocenters. The summed E-state index contributed by atoms with van der Waals surface area (Å²) in [5, 5.41) is 10.2. The Balaban J connectivity index is 3.03. The summed E-state index contributed by atoms with van der Waals surface area (Å²) >= 11 is 0. The first-order chi connectivity index (χ1) is 6.13. The summed E-state index contributed by atoms with van der Waals surface area (Å²) in [4.78, 5) is 20.2. The molecule has 0 saturated carbocycles. The van der Waals surface area contributed by atoms with Crippen molar-refractivity contribution in [1.82, 2.24) is 0 Å². The van der Waals surface area contributed by atoms with Crippen LogP contribution in [-0.2, 0) is 6.54 Å². The first kappa shape index (κ1) is 9.38. The molecule has 68 valence electrons. The van der Waals surface area contributed by atoms with Crippen LogP contribution in [0.15, 0.2) is 18.2 Å². The molecule has 0 fully saturated rings. The number of aldehydes is 1. The zero-order valence-corrected chi connectivity index (χ0v) is 7.19. The molecule has 0 radical (unpaired) electrons. The molecule has 0 heterocycles. The van der Waals surface area contributed by atoms with Crippen LogP contribution in [0.25, 0.3) is 0 Å². The summed E-state index contributed by atoms with van der Waals surface area (Å²) in [5.41, 5.74) is 1.90. The van der Waals surface area contributed by atoms with Gasteiger partial charge < -0.3 is 0 Å². The van der Waals surface area contributed by atoms with Crippen LogP contribution < -0.4 is 0 Å². The molecule has 4 heteroatoms. The van der Waals surface area contributed by atoms with Gasteiger partial charge in [0.25, 0.3) is 0 Å². The second kappa shape index (κ2) is 3.80. The van der Waals surface area contributed by atoms with Gasteiger partial charge in [0, 0.05) is 16.1 Å². The molecule has 0 aliphatic carbocycles. The van der Waals surface area contributed by atoms with Crippen molar-refractivity contribution in [3.8, 4) is 0 Å². The molecule has 1 rings (SSSR count). The molecule has 0 bridgehead atoms. The van der Waals surface area contributed by atoms with E-state index in [0.717, 1.165) is 5.56 Å². The number of aryl methyl sites for hydroxylation is 1. The zero-order chi connectivity index (χ0) is 9.84. The van der Waals surface area contributed by atoms with Crippen LogP contribution in [0, 0.1) is 17.0 Å². The summed E-state index contributed by atoms with van der Waals surface area (Å²) in [6, 6.07) is 4.90. The zero-order valence-electron chi connectivity index (χ0n) is 7.19. The largest absolute Gasteiger partial charge is 0.298 e. The smallest absolute Gasteiger partial charge is 0.229 e. The molecule has 0 spiro atoms. The highest BCUT2D eigenvalue weighted by molar-refractivity contribution is 5.75. The van der Waals surface area contributed by atoms with E-state index in [1.54, 1.807) is 25.1 Å². The fourth-order valence-corrected chi connectivity index (χ4v) is 1.07. The van der Waals surface area contributed by atoms with Gasteiger partial charge in [-0.2, -0.15) is 0 Å². The summed E-state index contributed by atoms with van der Waals surface area (Å²) < 4.78 is 0. The monoisotopic (exact) mass is 179 g/mol. The topological polar surface area (TPSA) is 60.2 Å². The number of carbonyl (C=O) groups is 1. The van der Waals surface area contributed by atoms with Crippen molar-refractivity contribution >= 4 is 6.29 Å². The van der Waals surface area contributed by atoms with Gasteiger partial charge in [0.2, 0.25) is 6.54 Å². The molecule has 4 nitrogen and oxygen atoms in total. The van der Waals surface area contributed by atoms with Gasteiger partial charge >= 0.3 is 0 Å². The first-order valence-electron chi connectivity index (χ1n) is 3.80. The van der Waals surface area contributed by atoms with Crippen LogP contribution >= 0.6 is 0 Å². The highest BCUT2D eigenvalue weighted by Crippen LogP contribution is 2.10. The third-order valence-electron chi connectivity index (χ3n) is 1.81. The Bertz CT molecular complexity index is 347. The third kappa shape index (κ3) is 2.37. The summed E-state index contributed by atoms with van der Waals surface area (Å²) in [6.45, 7) is 1.56. The average Bonchev–Trinajstić information content (AvgIpc) is 2.08. The predicted molar refractivity (Wildman–Crippen MR) is 47.3 cm³/mol. The lowest BCUT2D eigenvalue weighted by atomic mass is 10.1. The molecule has 1 aromatic carbocycles. The molecule has 0 aromatic heterocycles. The Kier molecular flexibility index (Phi) is 2.74. The van der Waals surface area contributed by atoms with Gasteiger partial charge in [0.15, 0.2) is 0 Å². The van der Waals surface area contributed by atoms with Crippen LogP contribution in [-0.4, -0.2) is 11.2 Å². The number of nitro groups is 1. The number of benzene rings is 1. The standard InChI is InChI=1S/C9H9NO3/c1-7-2-3-8(6-11)4-9(7)5-10(12)13/h2-4,6H,5H2,1H3. The van der Waals surface area contributed by atoms with Crippen LogP contribution in [0.1, 0.15) is 21.5 Å². The van der Waals surface area contributed by atoms with Gasteiger partial charge in [-0.05, 0) is 18.6 Å². The van der Waals surface area contributed by atoms with E-state index in [1.807, 2.05) is 0 Å². The number of hydrogen-bond donors (Lipinski definition) is 0. The van der Waals surface area contributed by atoms with Crippen molar-refractivity contribution in [2.75, 3.05) is 0 Å². The summed E-state index contributed by atoms with van der Waals surface area (Å²) in [6.07, 6.45) is 0.683. The number of carbonyl (C=O) groups excluding carboxylic acids is 1. The Morgan fingerprint density at radius 3 is 2.77 bits per heavy atom. The lowest BCUT2D eigenvalue weighted by Gasteiger charge is -2.00. The number of rotatable bonds is 3. The Labute approximate surface area is 75.3 Å². The lowest BCUT2D eigenvalue weighted by Crippen LogP contribution is -2.01. The SMILES string of the molecule is Cc1ccc(C=O)cc1C[N+](=O)[O-]. The second-order valence-corrected chi connectivity index (χ2v) is 2.79. The van der Waals surface area contributed by atoms with Gasteiger partial charge in [-0.1, -0.05) is 12.1 Å². The van der Waals surface area contributed by atoms with E-state index in [4.69, 9.17) is 0 Å². The average molecular weight is 179 g/mol. The molecular formula is C9H9NO3. The van der Waals surface area contributed by atoms with Crippen LogP contribution in [0.3, 0.4) is 0 Å². The van der Waals surface area contributed by atoms with Gasteiger partial charge in [-0.3, -0.25) is 14.9 Å². The third-order valence-corrected chi connectivity index (χ3v) is 1.81. The molecule has 13 heavy (non-hydrogen) atoms. The summed E-state index contributed by atoms with van der Waals surface area (Å²) in [7, 11) is 0. The number of nitrogens with zero attached hydrogens (tertiary/aromatic N) is 1. The van der Waals surface area contributed by atoms with Gasteiger partial charge in [-0.25, -0.2) is 0 Å². The molecule has 0 aliphatic heterocycles. The molecule has 0 saturated heterocycles. The highest BCUT2D eigenvalue weighted by Gasteiger charge is 2.05. The minimum atomic E-state index is -0.406. The molecule has 0 unspecified atom stereocenters. The minimum absolute atomic E-state index is 0.229. The summed E-state index contributed by atoms with van der Waals surface area (Å²) in [5.74, 6) is 0. The normalized spacial score (nSPS) is 9.62. The number of hydrogen-bond acceptors (Lipinski definition) is 3. The van der Waals surface area contributed by atoms with E-state index < -0.39 is 4.92 Å². The van der Waals surface area contributed by atoms with E-state index in [-0.39, 0.29) is 6.54 Å². The van der Waals surface area contributed by atoms with Crippen LogP contribution in [0.2, 0.25) is 0 Å². The van der Waals surface area contributed by atoms with E-state index >= 15 is 0 Å². The van der Waals surface area contributed by atoms with Gasteiger partial charge in [-0.15, -0.1) is 0 Å². The van der Waals surface area contributed by atoms with Crippen LogP contribution in [0.4, 0.5) is 0 Å². The first-order valence-corrected chi connectivity index (χ1v) is 3.80. The van der Waals surface area contributed by atoms with Crippen molar-refractivity contribution < 1.29 is 9.72 Å². The van der Waals surface area contributed by atoms with E-state index in [2.05, 4.69) is 0 Å². The second-order valence-electron chi connectivity index (χ2n) is 2.79. The maximum Gasteiger partial charge on any atom is 0.229 e. The van der Waals surface area contributed by atoms with Crippen LogP contribution in [0.5, 0.6) is 0 Å². The Morgan fingerprint density at radius 1 is 1.54 bits per heavy atom. The molecule has 0 aliphatic rings. The maximum atomic E-state index is 10.4. The fourth-order valence-electron chi connectivity index (χ4n) is 1.07. The van der Waals surface area contributed by atoms with Crippen molar-refractivity contribution in [2.45, 2.75) is 13.5 Å². The van der Waals surface area contributed by atoms with E-state index in [9.17, 15) is 14.9 Å². The van der Waals surface area contributed by atoms with Gasteiger partial charge in [0.1, 0.15) is 6.29 Å². The van der Waals surface area contributed by atoms with Crippen molar-refractivity contribution in [3.63, 3.8) is 0 Å². The minimum Gasteiger partial charge on any atom is -0.298 e. The fraction of sp³-hybridized carbons (Fsp3) is 0.222. The van der Waals surface area contributed by atoms with E-state index in [1.165, 1.54) is 0 Å². The highest BCUT2D eigenvalue weighted by atomic mass is 16.6. The molecule has 1 aromatic rings. The Morgan fingerprint density at radius 2 is 2.23 bits per heavy atom. The van der Waals surface area contributed by atoms with Crippen molar-refractivity contribution in [2.24, 2.45) is 0 Å². The maximum absolute atomic E-state index is 10.4. The quantitative estimate of drug-likeness (QED) is 0.402. The lowest BCUT2D eigenvalue weighted by molar-refractivity contribution is -0.496. The molecule has 0 N–H and O–H groups in total. The van der Waals surface area contributed by atoms with Crippen molar-refractivity contribution in [1.29, 1.82) is 0 Å².